The Bertz CT molecular complexity index is 327. The maximum absolute atomic E-state index is 11.7. The summed E-state index contributed by atoms with van der Waals surface area (Å²) in [5.41, 5.74) is 0.918. The smallest absolute Gasteiger partial charge is 0.223 e. The van der Waals surface area contributed by atoms with Gasteiger partial charge in [-0.05, 0) is 25.5 Å². The summed E-state index contributed by atoms with van der Waals surface area (Å²) in [6, 6.07) is 5.54. The van der Waals surface area contributed by atoms with Gasteiger partial charge >= 0.3 is 0 Å². The van der Waals surface area contributed by atoms with E-state index in [1.165, 1.54) is 0 Å². The molecule has 1 unspecified atom stereocenters. The van der Waals surface area contributed by atoms with Crippen LogP contribution in [0.5, 0.6) is 0 Å². The molecule has 1 amide bonds. The van der Waals surface area contributed by atoms with E-state index in [1.807, 2.05) is 25.1 Å². The van der Waals surface area contributed by atoms with Gasteiger partial charge in [0.15, 0.2) is 0 Å². The van der Waals surface area contributed by atoms with Crippen LogP contribution in [0, 0.1) is 0 Å². The number of aliphatic hydroxyl groups excluding tert-OH is 1. The van der Waals surface area contributed by atoms with Gasteiger partial charge in [0.2, 0.25) is 5.91 Å². The molecule has 0 aliphatic heterocycles. The summed E-state index contributed by atoms with van der Waals surface area (Å²) in [7, 11) is 1.71. The number of amides is 1. The molecule has 16 heavy (non-hydrogen) atoms. The largest absolute Gasteiger partial charge is 0.394 e. The van der Waals surface area contributed by atoms with Gasteiger partial charge in [0.25, 0.3) is 0 Å². The summed E-state index contributed by atoms with van der Waals surface area (Å²) in [6.45, 7) is 1.81. The number of nitrogens with zero attached hydrogens (tertiary/aromatic N) is 2. The molecule has 0 radical (unpaired) electrons. The SMILES string of the molecule is CC(CO)N(C)C(=O)CCc1ccccn1. The van der Waals surface area contributed by atoms with Gasteiger partial charge in [0.05, 0.1) is 12.6 Å². The van der Waals surface area contributed by atoms with Crippen LogP contribution in [-0.2, 0) is 11.2 Å². The van der Waals surface area contributed by atoms with Gasteiger partial charge < -0.3 is 10.0 Å². The summed E-state index contributed by atoms with van der Waals surface area (Å²) in [5, 5.41) is 8.93. The average molecular weight is 222 g/mol. The van der Waals surface area contributed by atoms with Crippen LogP contribution >= 0.6 is 0 Å². The van der Waals surface area contributed by atoms with Gasteiger partial charge in [-0.2, -0.15) is 0 Å². The maximum Gasteiger partial charge on any atom is 0.223 e. The topological polar surface area (TPSA) is 53.4 Å². The second-order valence-electron chi connectivity index (χ2n) is 3.86. The molecule has 1 aromatic rings. The van der Waals surface area contributed by atoms with Crippen molar-refractivity contribution >= 4 is 5.91 Å². The molecule has 0 spiro atoms. The van der Waals surface area contributed by atoms with Crippen molar-refractivity contribution in [2.24, 2.45) is 0 Å². The lowest BCUT2D eigenvalue weighted by Gasteiger charge is -2.23. The number of pyridine rings is 1. The van der Waals surface area contributed by atoms with E-state index in [4.69, 9.17) is 5.11 Å². The third-order valence-electron chi connectivity index (χ3n) is 2.64. The number of rotatable bonds is 5. The predicted molar refractivity (Wildman–Crippen MR) is 61.9 cm³/mol. The monoisotopic (exact) mass is 222 g/mol. The fourth-order valence-corrected chi connectivity index (χ4v) is 1.33. The first-order valence-corrected chi connectivity index (χ1v) is 5.41. The summed E-state index contributed by atoms with van der Waals surface area (Å²) in [4.78, 5) is 17.4. The van der Waals surface area contributed by atoms with Gasteiger partial charge in [-0.15, -0.1) is 0 Å². The number of likely N-dealkylation sites (N-methyl/N-ethyl adjacent to an activating group) is 1. The van der Waals surface area contributed by atoms with Crippen LogP contribution in [0.2, 0.25) is 0 Å². The highest BCUT2D eigenvalue weighted by Gasteiger charge is 2.14. The van der Waals surface area contributed by atoms with Crippen LogP contribution in [0.25, 0.3) is 0 Å². The zero-order valence-corrected chi connectivity index (χ0v) is 9.76. The number of aromatic nitrogens is 1. The highest BCUT2D eigenvalue weighted by Crippen LogP contribution is 2.03. The van der Waals surface area contributed by atoms with E-state index in [2.05, 4.69) is 4.98 Å². The molecule has 0 fully saturated rings. The molecular weight excluding hydrogens is 204 g/mol. The van der Waals surface area contributed by atoms with E-state index in [0.29, 0.717) is 12.8 Å². The molecule has 1 rings (SSSR count). The molecular formula is C12H18N2O2. The summed E-state index contributed by atoms with van der Waals surface area (Å²) in [5.74, 6) is 0.0344. The lowest BCUT2D eigenvalue weighted by atomic mass is 10.2. The predicted octanol–water partition coefficient (Wildman–Crippen LogP) is 0.853. The second-order valence-corrected chi connectivity index (χ2v) is 3.86. The van der Waals surface area contributed by atoms with Gasteiger partial charge in [0, 0.05) is 25.4 Å². The summed E-state index contributed by atoms with van der Waals surface area (Å²) >= 11 is 0. The van der Waals surface area contributed by atoms with Crippen molar-refractivity contribution in [1.82, 2.24) is 9.88 Å². The molecule has 88 valence electrons. The first-order chi connectivity index (χ1) is 7.65. The van der Waals surface area contributed by atoms with E-state index >= 15 is 0 Å². The van der Waals surface area contributed by atoms with Crippen molar-refractivity contribution in [2.45, 2.75) is 25.8 Å². The third-order valence-corrected chi connectivity index (χ3v) is 2.64. The number of aryl methyl sites for hydroxylation is 1. The van der Waals surface area contributed by atoms with Crippen molar-refractivity contribution in [1.29, 1.82) is 0 Å². The fraction of sp³-hybridized carbons (Fsp3) is 0.500. The zero-order chi connectivity index (χ0) is 12.0. The Labute approximate surface area is 95.9 Å². The number of carbonyl (C=O) groups excluding carboxylic acids is 1. The fourth-order valence-electron chi connectivity index (χ4n) is 1.33. The Balaban J connectivity index is 2.41. The third kappa shape index (κ3) is 3.62. The quantitative estimate of drug-likeness (QED) is 0.803. The Kier molecular flexibility index (Phi) is 4.92. The van der Waals surface area contributed by atoms with Crippen molar-refractivity contribution in [3.8, 4) is 0 Å². The highest BCUT2D eigenvalue weighted by molar-refractivity contribution is 5.76. The average Bonchev–Trinajstić information content (AvgIpc) is 2.35. The molecule has 1 heterocycles. The van der Waals surface area contributed by atoms with Gasteiger partial charge in [0.1, 0.15) is 0 Å². The lowest BCUT2D eigenvalue weighted by molar-refractivity contribution is -0.132. The molecule has 1 atom stereocenters. The van der Waals surface area contributed by atoms with Crippen LogP contribution in [0.4, 0.5) is 0 Å². The minimum Gasteiger partial charge on any atom is -0.394 e. The molecule has 1 aromatic heterocycles. The Hall–Kier alpha value is -1.42. The molecule has 4 heteroatoms. The number of carbonyl (C=O) groups is 1. The molecule has 0 aromatic carbocycles. The molecule has 1 N–H and O–H groups in total. The molecule has 0 saturated heterocycles. The number of hydrogen-bond donors (Lipinski definition) is 1. The number of hydrogen-bond acceptors (Lipinski definition) is 3. The van der Waals surface area contributed by atoms with E-state index in [9.17, 15) is 4.79 Å². The van der Waals surface area contributed by atoms with E-state index in [1.54, 1.807) is 18.1 Å². The van der Waals surface area contributed by atoms with Crippen molar-refractivity contribution in [3.63, 3.8) is 0 Å². The minimum atomic E-state index is -0.128. The van der Waals surface area contributed by atoms with Crippen LogP contribution in [0.1, 0.15) is 19.0 Å². The van der Waals surface area contributed by atoms with Crippen LogP contribution in [0.15, 0.2) is 24.4 Å². The van der Waals surface area contributed by atoms with Crippen molar-refractivity contribution in [3.05, 3.63) is 30.1 Å². The van der Waals surface area contributed by atoms with E-state index in [-0.39, 0.29) is 18.6 Å². The zero-order valence-electron chi connectivity index (χ0n) is 9.76. The summed E-state index contributed by atoms with van der Waals surface area (Å²) < 4.78 is 0. The van der Waals surface area contributed by atoms with Crippen LogP contribution in [-0.4, -0.2) is 40.6 Å². The highest BCUT2D eigenvalue weighted by atomic mass is 16.3. The van der Waals surface area contributed by atoms with Gasteiger partial charge in [-0.25, -0.2) is 0 Å². The van der Waals surface area contributed by atoms with Gasteiger partial charge in [-0.3, -0.25) is 9.78 Å². The van der Waals surface area contributed by atoms with E-state index in [0.717, 1.165) is 5.69 Å². The maximum atomic E-state index is 11.7. The Morgan fingerprint density at radius 3 is 2.88 bits per heavy atom. The van der Waals surface area contributed by atoms with Crippen molar-refractivity contribution in [2.75, 3.05) is 13.7 Å². The number of aliphatic hydroxyl groups is 1. The first kappa shape index (κ1) is 12.6. The van der Waals surface area contributed by atoms with E-state index < -0.39 is 0 Å². The van der Waals surface area contributed by atoms with Crippen LogP contribution < -0.4 is 0 Å². The Morgan fingerprint density at radius 2 is 2.31 bits per heavy atom. The molecule has 0 aliphatic carbocycles. The van der Waals surface area contributed by atoms with Crippen molar-refractivity contribution < 1.29 is 9.90 Å². The molecule has 0 saturated carbocycles. The first-order valence-electron chi connectivity index (χ1n) is 5.41. The molecule has 0 bridgehead atoms. The normalized spacial score (nSPS) is 12.2. The molecule has 4 nitrogen and oxygen atoms in total. The summed E-state index contributed by atoms with van der Waals surface area (Å²) in [6.07, 6.45) is 2.79. The minimum absolute atomic E-state index is 0.00811. The lowest BCUT2D eigenvalue weighted by Crippen LogP contribution is -2.37. The second kappa shape index (κ2) is 6.23. The molecule has 0 aliphatic rings. The van der Waals surface area contributed by atoms with Crippen LogP contribution in [0.3, 0.4) is 0 Å². The standard InChI is InChI=1S/C12H18N2O2/c1-10(9-15)14(2)12(16)7-6-11-5-3-4-8-13-11/h3-5,8,10,15H,6-7,9H2,1-2H3. The Morgan fingerprint density at radius 1 is 1.56 bits per heavy atom. The van der Waals surface area contributed by atoms with Gasteiger partial charge in [-0.1, -0.05) is 6.07 Å².